The molecule has 0 aliphatic carbocycles. The van der Waals surface area contributed by atoms with Crippen molar-refractivity contribution in [2.45, 2.75) is 26.1 Å². The highest BCUT2D eigenvalue weighted by Gasteiger charge is 2.28. The molecule has 1 aromatic rings. The first-order chi connectivity index (χ1) is 15.8. The summed E-state index contributed by atoms with van der Waals surface area (Å²) in [6.45, 7) is 3.40. The van der Waals surface area contributed by atoms with Crippen molar-refractivity contribution >= 4 is 40.5 Å². The van der Waals surface area contributed by atoms with Crippen LogP contribution in [0.2, 0.25) is 5.02 Å². The number of nitrogens with one attached hydrogen (secondary N) is 1. The Kier molecular flexibility index (Phi) is 8.78. The SMILES string of the molecule is CNCc1cc(Cl)c(OC)cc1N1CCN(C(=O)CN2N=C(C(F)CF)CC(Cl)=C2C)CC1. The molecule has 1 N–H and O–H groups in total. The number of hydrogen-bond donors (Lipinski definition) is 1. The van der Waals surface area contributed by atoms with Crippen LogP contribution in [0.15, 0.2) is 28.0 Å². The number of ether oxygens (including phenoxy) is 1. The number of rotatable bonds is 8. The van der Waals surface area contributed by atoms with Gasteiger partial charge >= 0.3 is 0 Å². The van der Waals surface area contributed by atoms with Crippen molar-refractivity contribution < 1.29 is 18.3 Å². The molecule has 1 fully saturated rings. The molecule has 1 saturated heterocycles. The average Bonchev–Trinajstić information content (AvgIpc) is 2.81. The van der Waals surface area contributed by atoms with Gasteiger partial charge in [0.15, 0.2) is 6.17 Å². The molecular weight excluding hydrogens is 475 g/mol. The lowest BCUT2D eigenvalue weighted by Crippen LogP contribution is -2.51. The smallest absolute Gasteiger partial charge is 0.244 e. The number of nitrogens with zero attached hydrogens (tertiary/aromatic N) is 4. The minimum atomic E-state index is -1.82. The highest BCUT2D eigenvalue weighted by Crippen LogP contribution is 2.34. The third-order valence-electron chi connectivity index (χ3n) is 5.84. The van der Waals surface area contributed by atoms with Crippen LogP contribution in [0.5, 0.6) is 5.75 Å². The third-order valence-corrected chi connectivity index (χ3v) is 6.54. The van der Waals surface area contributed by atoms with Crippen molar-refractivity contribution in [2.24, 2.45) is 5.10 Å². The zero-order valence-corrected chi connectivity index (χ0v) is 20.5. The number of allylic oxidation sites excluding steroid dienone is 2. The number of hydrogen-bond acceptors (Lipinski definition) is 6. The predicted octanol–water partition coefficient (Wildman–Crippen LogP) is 3.56. The van der Waals surface area contributed by atoms with Crippen LogP contribution in [0.25, 0.3) is 0 Å². The minimum absolute atomic E-state index is 0.000493. The second kappa shape index (κ2) is 11.4. The summed E-state index contributed by atoms with van der Waals surface area (Å²) in [5.74, 6) is 0.450. The standard InChI is InChI=1S/C22H29Cl2F2N5O2/c1-14-16(23)9-19(18(26)11-25)28-31(14)13-22(32)30-6-4-29(5-7-30)20-10-21(33-3)17(24)8-15(20)12-27-2/h8,10,18,27H,4-7,9,11-13H2,1-3H3. The highest BCUT2D eigenvalue weighted by atomic mass is 35.5. The van der Waals surface area contributed by atoms with Gasteiger partial charge in [-0.1, -0.05) is 23.2 Å². The number of methoxy groups -OCH3 is 1. The van der Waals surface area contributed by atoms with Crippen LogP contribution in [0.4, 0.5) is 14.5 Å². The topological polar surface area (TPSA) is 60.4 Å². The van der Waals surface area contributed by atoms with E-state index in [9.17, 15) is 13.6 Å². The Labute approximate surface area is 202 Å². The van der Waals surface area contributed by atoms with Crippen LogP contribution in [0, 0.1) is 0 Å². The maximum atomic E-state index is 13.8. The molecule has 2 aliphatic heterocycles. The normalized spacial score (nSPS) is 17.9. The van der Waals surface area contributed by atoms with E-state index in [1.165, 1.54) is 5.01 Å². The Morgan fingerprint density at radius 1 is 1.27 bits per heavy atom. The van der Waals surface area contributed by atoms with E-state index in [4.69, 9.17) is 27.9 Å². The van der Waals surface area contributed by atoms with E-state index >= 15 is 0 Å². The molecule has 11 heteroatoms. The fourth-order valence-electron chi connectivity index (χ4n) is 3.90. The van der Waals surface area contributed by atoms with Crippen LogP contribution >= 0.6 is 23.2 Å². The first kappa shape index (κ1) is 25.5. The first-order valence-electron chi connectivity index (χ1n) is 10.7. The van der Waals surface area contributed by atoms with Gasteiger partial charge in [-0.3, -0.25) is 9.80 Å². The van der Waals surface area contributed by atoms with Gasteiger partial charge in [0.1, 0.15) is 19.0 Å². The molecule has 7 nitrogen and oxygen atoms in total. The van der Waals surface area contributed by atoms with E-state index in [1.54, 1.807) is 18.9 Å². The summed E-state index contributed by atoms with van der Waals surface area (Å²) in [6.07, 6.45) is -1.77. The van der Waals surface area contributed by atoms with Gasteiger partial charge in [-0.15, -0.1) is 0 Å². The van der Waals surface area contributed by atoms with Gasteiger partial charge in [-0.05, 0) is 25.6 Å². The summed E-state index contributed by atoms with van der Waals surface area (Å²) < 4.78 is 32.0. The molecule has 0 saturated carbocycles. The van der Waals surface area contributed by atoms with Crippen molar-refractivity contribution in [3.8, 4) is 5.75 Å². The van der Waals surface area contributed by atoms with E-state index < -0.39 is 12.8 Å². The molecule has 182 valence electrons. The number of carbonyl (C=O) groups is 1. The van der Waals surface area contributed by atoms with Crippen molar-refractivity contribution in [2.75, 3.05) is 58.5 Å². The van der Waals surface area contributed by atoms with E-state index in [0.29, 0.717) is 54.2 Å². The monoisotopic (exact) mass is 503 g/mol. The molecule has 0 bridgehead atoms. The van der Waals surface area contributed by atoms with E-state index in [0.717, 1.165) is 11.3 Å². The number of alkyl halides is 2. The fourth-order valence-corrected chi connectivity index (χ4v) is 4.40. The number of halogens is 4. The summed E-state index contributed by atoms with van der Waals surface area (Å²) in [5.41, 5.74) is 2.62. The third kappa shape index (κ3) is 5.88. The van der Waals surface area contributed by atoms with Crippen molar-refractivity contribution in [1.29, 1.82) is 0 Å². The highest BCUT2D eigenvalue weighted by molar-refractivity contribution is 6.32. The Hall–Kier alpha value is -2.10. The number of benzene rings is 1. The molecule has 0 radical (unpaired) electrons. The first-order valence-corrected chi connectivity index (χ1v) is 11.5. The number of amides is 1. The lowest BCUT2D eigenvalue weighted by molar-refractivity contribution is -0.132. The summed E-state index contributed by atoms with van der Waals surface area (Å²) in [4.78, 5) is 16.9. The van der Waals surface area contributed by atoms with Gasteiger partial charge in [0.25, 0.3) is 0 Å². The second-order valence-corrected chi connectivity index (χ2v) is 8.81. The number of piperazine rings is 1. The summed E-state index contributed by atoms with van der Waals surface area (Å²) in [7, 11) is 3.45. The number of anilines is 1. The van der Waals surface area contributed by atoms with Crippen LogP contribution in [-0.4, -0.2) is 81.3 Å². The maximum absolute atomic E-state index is 13.8. The largest absolute Gasteiger partial charge is 0.495 e. The van der Waals surface area contributed by atoms with Crippen LogP contribution < -0.4 is 15.0 Å². The summed E-state index contributed by atoms with van der Waals surface area (Å²) >= 11 is 12.5. The number of carbonyl (C=O) groups excluding carboxylic acids is 1. The van der Waals surface area contributed by atoms with Crippen molar-refractivity contribution in [1.82, 2.24) is 15.2 Å². The quantitative estimate of drug-likeness (QED) is 0.587. The van der Waals surface area contributed by atoms with Gasteiger partial charge in [-0.25, -0.2) is 8.78 Å². The van der Waals surface area contributed by atoms with E-state index in [1.807, 2.05) is 19.2 Å². The van der Waals surface area contributed by atoms with Crippen LogP contribution in [-0.2, 0) is 11.3 Å². The van der Waals surface area contributed by atoms with Crippen LogP contribution in [0.1, 0.15) is 18.9 Å². The van der Waals surface area contributed by atoms with Crippen LogP contribution in [0.3, 0.4) is 0 Å². The molecule has 1 unspecified atom stereocenters. The van der Waals surface area contributed by atoms with Gasteiger partial charge in [0.2, 0.25) is 5.91 Å². The van der Waals surface area contributed by atoms with Gasteiger partial charge < -0.3 is 19.9 Å². The Bertz CT molecular complexity index is 936. The van der Waals surface area contributed by atoms with Gasteiger partial charge in [-0.2, -0.15) is 5.10 Å². The molecule has 1 atom stereocenters. The Morgan fingerprint density at radius 3 is 2.58 bits per heavy atom. The number of hydrazone groups is 1. The molecule has 1 aromatic carbocycles. The zero-order valence-electron chi connectivity index (χ0n) is 19.0. The predicted molar refractivity (Wildman–Crippen MR) is 128 cm³/mol. The van der Waals surface area contributed by atoms with E-state index in [-0.39, 0.29) is 24.6 Å². The lowest BCUT2D eigenvalue weighted by atomic mass is 10.1. The Morgan fingerprint density at radius 2 is 1.97 bits per heavy atom. The second-order valence-electron chi connectivity index (χ2n) is 7.95. The molecule has 3 rings (SSSR count). The molecule has 1 amide bonds. The summed E-state index contributed by atoms with van der Waals surface area (Å²) in [6, 6.07) is 3.81. The average molecular weight is 504 g/mol. The molecule has 2 aliphatic rings. The van der Waals surface area contributed by atoms with Gasteiger partial charge in [0.05, 0.1) is 17.8 Å². The summed E-state index contributed by atoms with van der Waals surface area (Å²) in [5, 5.41) is 9.57. The molecule has 0 spiro atoms. The molecule has 0 aromatic heterocycles. The maximum Gasteiger partial charge on any atom is 0.244 e. The molecule has 2 heterocycles. The lowest BCUT2D eigenvalue weighted by Gasteiger charge is -2.38. The van der Waals surface area contributed by atoms with Gasteiger partial charge in [0, 0.05) is 61.6 Å². The van der Waals surface area contributed by atoms with Crippen molar-refractivity contribution in [3.05, 3.63) is 33.4 Å². The minimum Gasteiger partial charge on any atom is -0.495 e. The molecular formula is C22H29Cl2F2N5O2. The van der Waals surface area contributed by atoms with Crippen molar-refractivity contribution in [3.63, 3.8) is 0 Å². The Balaban J connectivity index is 1.67. The molecule has 33 heavy (non-hydrogen) atoms. The zero-order chi connectivity index (χ0) is 24.1. The van der Waals surface area contributed by atoms with E-state index in [2.05, 4.69) is 15.3 Å². The fraction of sp³-hybridized carbons (Fsp3) is 0.545.